The van der Waals surface area contributed by atoms with Crippen molar-refractivity contribution in [3.8, 4) is 0 Å². The number of unbranched alkanes of at least 4 members (excludes halogenated alkanes) is 5. The van der Waals surface area contributed by atoms with Gasteiger partial charge in [-0.2, -0.15) is 0 Å². The van der Waals surface area contributed by atoms with Crippen molar-refractivity contribution in [3.05, 3.63) is 0 Å². The van der Waals surface area contributed by atoms with Crippen LogP contribution in [0.5, 0.6) is 0 Å². The second-order valence-electron chi connectivity index (χ2n) is 7.69. The Balaban J connectivity index is 3.77. The molecule has 0 radical (unpaired) electrons. The number of ketones is 2. The number of carbonyl (C=O) groups excluding carboxylic acids is 4. The molecule has 26 heavy (non-hydrogen) atoms. The summed E-state index contributed by atoms with van der Waals surface area (Å²) in [4.78, 5) is 46.0. The van der Waals surface area contributed by atoms with Crippen LogP contribution in [-0.4, -0.2) is 34.7 Å². The fourth-order valence-corrected chi connectivity index (χ4v) is 2.39. The molecular weight excluding hydrogens is 336 g/mol. The second-order valence-corrected chi connectivity index (χ2v) is 7.69. The first kappa shape index (κ1) is 24.3. The van der Waals surface area contributed by atoms with Crippen LogP contribution in [-0.2, 0) is 28.7 Å². The number of hydrogen-bond acceptors (Lipinski definition) is 6. The molecule has 0 aromatic rings. The van der Waals surface area contributed by atoms with Gasteiger partial charge in [0.05, 0.1) is 0 Å². The van der Waals surface area contributed by atoms with E-state index < -0.39 is 17.2 Å². The molecular formula is C20H34O6. The normalized spacial score (nSPS) is 11.8. The number of rotatable bonds is 13. The smallest absolute Gasteiger partial charge is 0.306 e. The molecule has 150 valence electrons. The molecule has 0 aromatic carbocycles. The van der Waals surface area contributed by atoms with Crippen molar-refractivity contribution in [2.45, 2.75) is 104 Å². The second kappa shape index (κ2) is 11.1. The molecule has 0 rings (SSSR count). The summed E-state index contributed by atoms with van der Waals surface area (Å²) in [7, 11) is 0. The van der Waals surface area contributed by atoms with Crippen LogP contribution in [0.4, 0.5) is 0 Å². The van der Waals surface area contributed by atoms with Crippen LogP contribution < -0.4 is 0 Å². The summed E-state index contributed by atoms with van der Waals surface area (Å²) >= 11 is 0. The largest absolute Gasteiger partial charge is 0.452 e. The maximum absolute atomic E-state index is 12.0. The monoisotopic (exact) mass is 370 g/mol. The third kappa shape index (κ3) is 10.3. The summed E-state index contributed by atoms with van der Waals surface area (Å²) in [5, 5.41) is 0. The maximum atomic E-state index is 12.0. The zero-order valence-corrected chi connectivity index (χ0v) is 17.1. The third-order valence-corrected chi connectivity index (χ3v) is 4.32. The van der Waals surface area contributed by atoms with Gasteiger partial charge in [0.15, 0.2) is 22.8 Å². The number of ether oxygens (including phenoxy) is 2. The molecule has 0 saturated heterocycles. The Labute approximate surface area is 157 Å². The van der Waals surface area contributed by atoms with Gasteiger partial charge in [0, 0.05) is 19.8 Å². The van der Waals surface area contributed by atoms with Crippen molar-refractivity contribution in [1.82, 2.24) is 0 Å². The highest BCUT2D eigenvalue weighted by Crippen LogP contribution is 2.17. The lowest BCUT2D eigenvalue weighted by Crippen LogP contribution is -2.36. The molecule has 0 unspecified atom stereocenters. The summed E-state index contributed by atoms with van der Waals surface area (Å²) in [6.07, 6.45) is 5.98. The van der Waals surface area contributed by atoms with Crippen LogP contribution in [0, 0.1) is 0 Å². The van der Waals surface area contributed by atoms with E-state index in [4.69, 9.17) is 9.47 Å². The van der Waals surface area contributed by atoms with E-state index in [-0.39, 0.29) is 17.5 Å². The summed E-state index contributed by atoms with van der Waals surface area (Å²) < 4.78 is 10.2. The average molecular weight is 370 g/mol. The number of carbonyl (C=O) groups is 4. The summed E-state index contributed by atoms with van der Waals surface area (Å²) in [6.45, 7) is 9.12. The molecule has 0 aliphatic rings. The van der Waals surface area contributed by atoms with E-state index in [0.29, 0.717) is 12.8 Å². The Morgan fingerprint density at radius 3 is 1.58 bits per heavy atom. The van der Waals surface area contributed by atoms with Gasteiger partial charge in [-0.25, -0.2) is 0 Å². The van der Waals surface area contributed by atoms with Gasteiger partial charge in [0.2, 0.25) is 0 Å². The van der Waals surface area contributed by atoms with Crippen LogP contribution in [0.15, 0.2) is 0 Å². The van der Waals surface area contributed by atoms with Crippen molar-refractivity contribution in [2.24, 2.45) is 0 Å². The fraction of sp³-hybridized carbons (Fsp3) is 0.800. The molecule has 0 amide bonds. The van der Waals surface area contributed by atoms with Gasteiger partial charge in [-0.15, -0.1) is 0 Å². The van der Waals surface area contributed by atoms with Crippen molar-refractivity contribution in [3.63, 3.8) is 0 Å². The lowest BCUT2D eigenvalue weighted by atomic mass is 9.97. The van der Waals surface area contributed by atoms with Crippen LogP contribution in [0.1, 0.15) is 92.9 Å². The minimum absolute atomic E-state index is 0.0662. The maximum Gasteiger partial charge on any atom is 0.306 e. The van der Waals surface area contributed by atoms with E-state index in [1.165, 1.54) is 13.8 Å². The summed E-state index contributed by atoms with van der Waals surface area (Å²) in [5.74, 6) is -1.03. The highest BCUT2D eigenvalue weighted by atomic mass is 16.6. The Kier molecular flexibility index (Phi) is 10.4. The van der Waals surface area contributed by atoms with E-state index >= 15 is 0 Å². The minimum Gasteiger partial charge on any atom is -0.452 e. The highest BCUT2D eigenvalue weighted by molar-refractivity contribution is 5.88. The van der Waals surface area contributed by atoms with Gasteiger partial charge < -0.3 is 9.47 Å². The summed E-state index contributed by atoms with van der Waals surface area (Å²) in [6, 6.07) is 0. The zero-order valence-electron chi connectivity index (χ0n) is 17.1. The number of Topliss-reactive ketones (excluding diaryl/α,β-unsaturated/α-hetero) is 2. The van der Waals surface area contributed by atoms with Gasteiger partial charge in [-0.3, -0.25) is 19.2 Å². The SMILES string of the molecule is CC(=O)OC(C)(C)C(=O)CCCCCCCCC(=O)OC(C)(C)C(C)=O. The van der Waals surface area contributed by atoms with Crippen LogP contribution in [0.3, 0.4) is 0 Å². The number of esters is 2. The first-order valence-corrected chi connectivity index (χ1v) is 9.34. The van der Waals surface area contributed by atoms with E-state index in [2.05, 4.69) is 0 Å². The van der Waals surface area contributed by atoms with E-state index in [1.807, 2.05) is 0 Å². The van der Waals surface area contributed by atoms with Gasteiger partial charge in [0.25, 0.3) is 0 Å². The summed E-state index contributed by atoms with van der Waals surface area (Å²) in [5.41, 5.74) is -2.11. The van der Waals surface area contributed by atoms with Crippen LogP contribution in [0.25, 0.3) is 0 Å². The molecule has 0 spiro atoms. The van der Waals surface area contributed by atoms with Gasteiger partial charge in [-0.1, -0.05) is 25.7 Å². The molecule has 0 saturated carbocycles. The first-order valence-electron chi connectivity index (χ1n) is 9.34. The van der Waals surface area contributed by atoms with Gasteiger partial charge in [-0.05, 0) is 47.5 Å². The Bertz CT molecular complexity index is 504. The van der Waals surface area contributed by atoms with Gasteiger partial charge >= 0.3 is 11.9 Å². The van der Waals surface area contributed by atoms with Crippen molar-refractivity contribution in [1.29, 1.82) is 0 Å². The molecule has 6 nitrogen and oxygen atoms in total. The Hall–Kier alpha value is -1.72. The Morgan fingerprint density at radius 1 is 0.654 bits per heavy atom. The van der Waals surface area contributed by atoms with E-state index in [0.717, 1.165) is 38.5 Å². The zero-order chi connectivity index (χ0) is 20.4. The molecule has 0 aromatic heterocycles. The van der Waals surface area contributed by atoms with Crippen molar-refractivity contribution >= 4 is 23.5 Å². The standard InChI is InChI=1S/C20H34O6/c1-15(21)19(3,4)26-18(24)14-12-10-8-7-9-11-13-17(23)20(5,6)25-16(2)22/h7-14H2,1-6H3. The highest BCUT2D eigenvalue weighted by Gasteiger charge is 2.30. The molecule has 0 aliphatic heterocycles. The third-order valence-electron chi connectivity index (χ3n) is 4.32. The molecule has 0 heterocycles. The first-order chi connectivity index (χ1) is 11.9. The number of hydrogen-bond donors (Lipinski definition) is 0. The molecule has 0 N–H and O–H groups in total. The molecule has 0 aliphatic carbocycles. The van der Waals surface area contributed by atoms with Crippen LogP contribution >= 0.6 is 0 Å². The minimum atomic E-state index is -1.06. The van der Waals surface area contributed by atoms with E-state index in [9.17, 15) is 19.2 Å². The van der Waals surface area contributed by atoms with Crippen molar-refractivity contribution < 1.29 is 28.7 Å². The molecule has 0 bridgehead atoms. The lowest BCUT2D eigenvalue weighted by molar-refractivity contribution is -0.163. The fourth-order valence-electron chi connectivity index (χ4n) is 2.39. The Morgan fingerprint density at radius 2 is 1.12 bits per heavy atom. The molecule has 6 heteroatoms. The average Bonchev–Trinajstić information content (AvgIpc) is 2.47. The van der Waals surface area contributed by atoms with E-state index in [1.54, 1.807) is 27.7 Å². The van der Waals surface area contributed by atoms with Crippen LogP contribution in [0.2, 0.25) is 0 Å². The molecule has 0 atom stereocenters. The predicted molar refractivity (Wildman–Crippen MR) is 98.6 cm³/mol. The molecule has 0 fully saturated rings. The van der Waals surface area contributed by atoms with Crippen molar-refractivity contribution in [2.75, 3.05) is 0 Å². The lowest BCUT2D eigenvalue weighted by Gasteiger charge is -2.22. The van der Waals surface area contributed by atoms with Gasteiger partial charge in [0.1, 0.15) is 0 Å². The quantitative estimate of drug-likeness (QED) is 0.361. The topological polar surface area (TPSA) is 86.7 Å². The predicted octanol–water partition coefficient (Wildman–Crippen LogP) is 3.93.